The molecule has 0 radical (unpaired) electrons. The number of nitrogens with zero attached hydrogens (tertiary/aromatic N) is 1. The van der Waals surface area contributed by atoms with E-state index in [-0.39, 0.29) is 35.0 Å². The molecule has 0 aliphatic carbocycles. The summed E-state index contributed by atoms with van der Waals surface area (Å²) in [5.41, 5.74) is 5.67. The summed E-state index contributed by atoms with van der Waals surface area (Å²) in [5, 5.41) is 9.46. The van der Waals surface area contributed by atoms with Gasteiger partial charge in [-0.2, -0.15) is 14.0 Å². The third kappa shape index (κ3) is 5.64. The molecular weight excluding hydrogens is 450 g/mol. The van der Waals surface area contributed by atoms with Crippen LogP contribution in [0.15, 0.2) is 47.1 Å². The van der Waals surface area contributed by atoms with Crippen LogP contribution in [0.25, 0.3) is 0 Å². The van der Waals surface area contributed by atoms with Crippen LogP contribution in [-0.4, -0.2) is 31.4 Å². The van der Waals surface area contributed by atoms with E-state index >= 15 is 0 Å². The van der Waals surface area contributed by atoms with E-state index in [0.29, 0.717) is 0 Å². The van der Waals surface area contributed by atoms with Crippen molar-refractivity contribution in [2.24, 2.45) is 5.73 Å². The Morgan fingerprint density at radius 3 is 2.34 bits per heavy atom. The molecule has 32 heavy (non-hydrogen) atoms. The number of esters is 1. The van der Waals surface area contributed by atoms with Gasteiger partial charge in [-0.1, -0.05) is 12.1 Å². The summed E-state index contributed by atoms with van der Waals surface area (Å²) in [7, 11) is 0. The molecular formula is C19H16F6N2O5. The van der Waals surface area contributed by atoms with E-state index in [1.807, 2.05) is 0 Å². The highest BCUT2D eigenvalue weighted by Crippen LogP contribution is 2.40. The van der Waals surface area contributed by atoms with Crippen molar-refractivity contribution in [2.75, 3.05) is 6.61 Å². The molecule has 2 rings (SSSR count). The average Bonchev–Trinajstić information content (AvgIpc) is 2.66. The second-order valence-electron chi connectivity index (χ2n) is 6.23. The number of carbonyl (C=O) groups excluding carboxylic acids is 1. The molecule has 7 nitrogen and oxygen atoms in total. The van der Waals surface area contributed by atoms with Crippen LogP contribution < -0.4 is 10.5 Å². The number of rotatable bonds is 7. The number of hydrogen-bond donors (Lipinski definition) is 1. The van der Waals surface area contributed by atoms with Gasteiger partial charge in [0.05, 0.1) is 18.1 Å². The van der Waals surface area contributed by atoms with Gasteiger partial charge in [-0.25, -0.2) is 13.9 Å². The minimum atomic E-state index is -5.65. The van der Waals surface area contributed by atoms with E-state index in [0.717, 1.165) is 24.3 Å². The van der Waals surface area contributed by atoms with Gasteiger partial charge in [0.25, 0.3) is 0 Å². The van der Waals surface area contributed by atoms with Crippen LogP contribution in [0.4, 0.5) is 26.3 Å². The summed E-state index contributed by atoms with van der Waals surface area (Å²) in [5.74, 6) is -2.87. The SMILES string of the molecule is CCOC(=O)C1=C(C)OC(N)=C(C#N)C1c1ccc(OC(F)(F)C(F)OC(F)(F)F)cc1. The number of nitriles is 1. The summed E-state index contributed by atoms with van der Waals surface area (Å²) in [4.78, 5) is 12.4. The summed E-state index contributed by atoms with van der Waals surface area (Å²) in [6, 6.07) is 5.83. The van der Waals surface area contributed by atoms with Crippen molar-refractivity contribution in [2.45, 2.75) is 38.6 Å². The quantitative estimate of drug-likeness (QED) is 0.476. The van der Waals surface area contributed by atoms with Crippen molar-refractivity contribution >= 4 is 5.97 Å². The lowest BCUT2D eigenvalue weighted by molar-refractivity contribution is -0.411. The molecule has 1 aliphatic rings. The van der Waals surface area contributed by atoms with Crippen molar-refractivity contribution in [3.8, 4) is 11.8 Å². The number of hydrogen-bond acceptors (Lipinski definition) is 7. The highest BCUT2D eigenvalue weighted by atomic mass is 19.4. The lowest BCUT2D eigenvalue weighted by Gasteiger charge is -2.27. The summed E-state index contributed by atoms with van der Waals surface area (Å²) in [6.07, 6.45) is -14.7. The number of nitrogens with two attached hydrogens (primary N) is 1. The van der Waals surface area contributed by atoms with E-state index in [1.54, 1.807) is 13.0 Å². The van der Waals surface area contributed by atoms with Gasteiger partial charge in [0.1, 0.15) is 23.2 Å². The third-order valence-electron chi connectivity index (χ3n) is 4.07. The van der Waals surface area contributed by atoms with Crippen LogP contribution in [0.2, 0.25) is 0 Å². The summed E-state index contributed by atoms with van der Waals surface area (Å²) >= 11 is 0. The largest absolute Gasteiger partial charge is 0.525 e. The van der Waals surface area contributed by atoms with Crippen LogP contribution in [0, 0.1) is 11.3 Å². The fraction of sp³-hybridized carbons (Fsp3) is 0.368. The Morgan fingerprint density at radius 2 is 1.84 bits per heavy atom. The maximum atomic E-state index is 13.6. The molecule has 2 unspecified atom stereocenters. The first-order valence-corrected chi connectivity index (χ1v) is 8.81. The molecule has 1 heterocycles. The first-order chi connectivity index (χ1) is 14.8. The van der Waals surface area contributed by atoms with E-state index in [9.17, 15) is 36.4 Å². The Kier molecular flexibility index (Phi) is 7.30. The van der Waals surface area contributed by atoms with Gasteiger partial charge in [0.15, 0.2) is 0 Å². The highest BCUT2D eigenvalue weighted by molar-refractivity contribution is 5.92. The molecule has 0 amide bonds. The van der Waals surface area contributed by atoms with Gasteiger partial charge in [-0.05, 0) is 31.5 Å². The lowest BCUT2D eigenvalue weighted by Crippen LogP contribution is -2.41. The number of alkyl halides is 6. The Balaban J connectivity index is 2.36. The zero-order chi connectivity index (χ0) is 24.3. The maximum absolute atomic E-state index is 13.6. The van der Waals surface area contributed by atoms with Gasteiger partial charge >= 0.3 is 24.8 Å². The van der Waals surface area contributed by atoms with Crippen LogP contribution >= 0.6 is 0 Å². The smallest absolute Gasteiger partial charge is 0.463 e. The molecule has 1 aliphatic heterocycles. The molecule has 0 spiro atoms. The van der Waals surface area contributed by atoms with Gasteiger partial charge in [0.2, 0.25) is 5.88 Å². The molecule has 2 atom stereocenters. The summed E-state index contributed by atoms with van der Waals surface area (Å²) in [6.45, 7) is 2.96. The van der Waals surface area contributed by atoms with Crippen LogP contribution in [-0.2, 0) is 19.0 Å². The fourth-order valence-electron chi connectivity index (χ4n) is 2.81. The fourth-order valence-corrected chi connectivity index (χ4v) is 2.81. The lowest BCUT2D eigenvalue weighted by atomic mass is 9.83. The number of benzene rings is 1. The Labute approximate surface area is 177 Å². The molecule has 1 aromatic carbocycles. The van der Waals surface area contributed by atoms with Crippen molar-refractivity contribution < 1.29 is 50.1 Å². The van der Waals surface area contributed by atoms with Crippen LogP contribution in [0.1, 0.15) is 25.3 Å². The third-order valence-corrected chi connectivity index (χ3v) is 4.07. The monoisotopic (exact) mass is 466 g/mol. The molecule has 0 bridgehead atoms. The topological polar surface area (TPSA) is 104 Å². The Morgan fingerprint density at radius 1 is 1.25 bits per heavy atom. The molecule has 0 saturated carbocycles. The van der Waals surface area contributed by atoms with E-state index in [2.05, 4.69) is 9.47 Å². The molecule has 1 aromatic rings. The van der Waals surface area contributed by atoms with E-state index in [4.69, 9.17) is 15.2 Å². The number of carbonyl (C=O) groups is 1. The van der Waals surface area contributed by atoms with Gasteiger partial charge in [-0.15, -0.1) is 13.2 Å². The molecule has 0 fully saturated rings. The average molecular weight is 466 g/mol. The standard InChI is InChI=1S/C19H16F6N2O5/c1-3-29-16(28)13-9(2)30-15(27)12(8-26)14(13)10-4-6-11(7-5-10)31-18(21,22)17(20)32-19(23,24)25/h4-7,14,17H,3,27H2,1-2H3. The Bertz CT molecular complexity index is 966. The summed E-state index contributed by atoms with van der Waals surface area (Å²) < 4.78 is 93.1. The van der Waals surface area contributed by atoms with Gasteiger partial charge < -0.3 is 19.9 Å². The van der Waals surface area contributed by atoms with E-state index in [1.165, 1.54) is 6.92 Å². The maximum Gasteiger partial charge on any atom is 0.525 e. The second-order valence-corrected chi connectivity index (χ2v) is 6.23. The van der Waals surface area contributed by atoms with Crippen molar-refractivity contribution in [1.82, 2.24) is 0 Å². The normalized spacial score (nSPS) is 18.0. The van der Waals surface area contributed by atoms with Crippen LogP contribution in [0.5, 0.6) is 5.75 Å². The number of allylic oxidation sites excluding steroid dienone is 2. The van der Waals surface area contributed by atoms with Crippen molar-refractivity contribution in [1.29, 1.82) is 5.26 Å². The predicted octanol–water partition coefficient (Wildman–Crippen LogP) is 4.13. The van der Waals surface area contributed by atoms with Crippen molar-refractivity contribution in [3.05, 3.63) is 52.6 Å². The van der Waals surface area contributed by atoms with Crippen molar-refractivity contribution in [3.63, 3.8) is 0 Å². The zero-order valence-corrected chi connectivity index (χ0v) is 16.5. The Hall–Kier alpha value is -3.40. The predicted molar refractivity (Wildman–Crippen MR) is 94.0 cm³/mol. The second kappa shape index (κ2) is 9.39. The highest BCUT2D eigenvalue weighted by Gasteiger charge is 2.50. The number of ether oxygens (including phenoxy) is 4. The van der Waals surface area contributed by atoms with Crippen LogP contribution in [0.3, 0.4) is 0 Å². The first-order valence-electron chi connectivity index (χ1n) is 8.81. The first kappa shape index (κ1) is 24.9. The minimum absolute atomic E-state index is 0.00959. The zero-order valence-electron chi connectivity index (χ0n) is 16.5. The van der Waals surface area contributed by atoms with E-state index < -0.39 is 36.5 Å². The minimum Gasteiger partial charge on any atom is -0.463 e. The molecule has 174 valence electrons. The number of halogens is 6. The molecule has 13 heteroatoms. The van der Waals surface area contributed by atoms with Gasteiger partial charge in [-0.3, -0.25) is 0 Å². The molecule has 0 saturated heterocycles. The molecule has 0 aromatic heterocycles. The molecule has 2 N–H and O–H groups in total. The van der Waals surface area contributed by atoms with Gasteiger partial charge in [0, 0.05) is 0 Å².